The van der Waals surface area contributed by atoms with Gasteiger partial charge in [0.25, 0.3) is 11.8 Å². The molecule has 1 aliphatic rings. The van der Waals surface area contributed by atoms with Gasteiger partial charge in [0.05, 0.1) is 25.4 Å². The Bertz CT molecular complexity index is 911. The SMILES string of the molecule is COc1ccc(NC(=O)C2CC(F)(F)CN2)cc1NC(=O)c1cccc(F)c1.Cl. The van der Waals surface area contributed by atoms with Crippen molar-refractivity contribution in [1.29, 1.82) is 0 Å². The van der Waals surface area contributed by atoms with Crippen molar-refractivity contribution in [3.8, 4) is 5.75 Å². The second-order valence-electron chi connectivity index (χ2n) is 6.36. The predicted molar refractivity (Wildman–Crippen MR) is 105 cm³/mol. The Morgan fingerprint density at radius 3 is 2.55 bits per heavy atom. The van der Waals surface area contributed by atoms with Crippen molar-refractivity contribution >= 4 is 35.6 Å². The molecular weight excluding hydrogens is 411 g/mol. The van der Waals surface area contributed by atoms with E-state index in [1.165, 1.54) is 43.5 Å². The number of hydrogen-bond donors (Lipinski definition) is 3. The van der Waals surface area contributed by atoms with Crippen LogP contribution in [-0.4, -0.2) is 37.4 Å². The van der Waals surface area contributed by atoms with Gasteiger partial charge in [-0.25, -0.2) is 13.2 Å². The van der Waals surface area contributed by atoms with E-state index in [1.54, 1.807) is 0 Å². The molecule has 1 fully saturated rings. The van der Waals surface area contributed by atoms with Crippen LogP contribution >= 0.6 is 12.4 Å². The van der Waals surface area contributed by atoms with Gasteiger partial charge in [-0.2, -0.15) is 0 Å². The molecule has 2 aromatic carbocycles. The molecule has 1 atom stereocenters. The number of hydrogen-bond acceptors (Lipinski definition) is 4. The van der Waals surface area contributed by atoms with Gasteiger partial charge in [-0.05, 0) is 36.4 Å². The first-order valence-corrected chi connectivity index (χ1v) is 8.44. The highest BCUT2D eigenvalue weighted by atomic mass is 35.5. The fourth-order valence-corrected chi connectivity index (χ4v) is 2.84. The van der Waals surface area contributed by atoms with Crippen molar-refractivity contribution < 1.29 is 27.5 Å². The van der Waals surface area contributed by atoms with Crippen LogP contribution in [0.2, 0.25) is 0 Å². The first kappa shape index (κ1) is 22.5. The molecule has 0 saturated carbocycles. The van der Waals surface area contributed by atoms with Crippen molar-refractivity contribution in [3.63, 3.8) is 0 Å². The van der Waals surface area contributed by atoms with E-state index < -0.39 is 42.6 Å². The lowest BCUT2D eigenvalue weighted by Gasteiger charge is -2.15. The topological polar surface area (TPSA) is 79.5 Å². The van der Waals surface area contributed by atoms with Crippen LogP contribution in [0.15, 0.2) is 42.5 Å². The second-order valence-corrected chi connectivity index (χ2v) is 6.36. The van der Waals surface area contributed by atoms with E-state index in [9.17, 15) is 22.8 Å². The van der Waals surface area contributed by atoms with Crippen molar-refractivity contribution in [3.05, 3.63) is 53.8 Å². The molecule has 156 valence electrons. The Morgan fingerprint density at radius 2 is 1.93 bits per heavy atom. The maximum absolute atomic E-state index is 13.3. The van der Waals surface area contributed by atoms with Gasteiger partial charge in [0, 0.05) is 17.7 Å². The van der Waals surface area contributed by atoms with Gasteiger partial charge in [0.15, 0.2) is 0 Å². The van der Waals surface area contributed by atoms with Crippen LogP contribution < -0.4 is 20.7 Å². The van der Waals surface area contributed by atoms with E-state index >= 15 is 0 Å². The number of nitrogens with one attached hydrogen (secondary N) is 3. The molecule has 0 spiro atoms. The maximum Gasteiger partial charge on any atom is 0.262 e. The number of ether oxygens (including phenoxy) is 1. The summed E-state index contributed by atoms with van der Waals surface area (Å²) in [6.45, 7) is -0.553. The monoisotopic (exact) mass is 429 g/mol. The van der Waals surface area contributed by atoms with Crippen LogP contribution in [0, 0.1) is 5.82 Å². The van der Waals surface area contributed by atoms with Crippen molar-refractivity contribution in [1.82, 2.24) is 5.32 Å². The summed E-state index contributed by atoms with van der Waals surface area (Å²) in [4.78, 5) is 24.5. The van der Waals surface area contributed by atoms with Crippen molar-refractivity contribution in [2.75, 3.05) is 24.3 Å². The van der Waals surface area contributed by atoms with Gasteiger partial charge in [-0.1, -0.05) is 6.07 Å². The van der Waals surface area contributed by atoms with Gasteiger partial charge in [-0.3, -0.25) is 14.9 Å². The van der Waals surface area contributed by atoms with Gasteiger partial charge in [0.1, 0.15) is 11.6 Å². The molecule has 29 heavy (non-hydrogen) atoms. The van der Waals surface area contributed by atoms with Crippen LogP contribution in [-0.2, 0) is 4.79 Å². The van der Waals surface area contributed by atoms with Gasteiger partial charge in [0.2, 0.25) is 5.91 Å². The lowest BCUT2D eigenvalue weighted by molar-refractivity contribution is -0.118. The first-order chi connectivity index (χ1) is 13.3. The minimum Gasteiger partial charge on any atom is -0.495 e. The van der Waals surface area contributed by atoms with E-state index in [0.717, 1.165) is 6.07 Å². The van der Waals surface area contributed by atoms with E-state index in [4.69, 9.17) is 4.74 Å². The van der Waals surface area contributed by atoms with E-state index in [0.29, 0.717) is 5.75 Å². The highest BCUT2D eigenvalue weighted by molar-refractivity contribution is 6.05. The average molecular weight is 430 g/mol. The fraction of sp³-hybridized carbons (Fsp3) is 0.263. The van der Waals surface area contributed by atoms with Crippen molar-refractivity contribution in [2.24, 2.45) is 0 Å². The first-order valence-electron chi connectivity index (χ1n) is 8.44. The summed E-state index contributed by atoms with van der Waals surface area (Å²) in [5, 5.41) is 7.59. The van der Waals surface area contributed by atoms with Crippen LogP contribution in [0.5, 0.6) is 5.75 Å². The molecule has 0 aromatic heterocycles. The molecular formula is C19H19ClF3N3O3. The van der Waals surface area contributed by atoms with Crippen molar-refractivity contribution in [2.45, 2.75) is 18.4 Å². The summed E-state index contributed by atoms with van der Waals surface area (Å²) in [7, 11) is 1.40. The number of amides is 2. The minimum absolute atomic E-state index is 0. The molecule has 3 N–H and O–H groups in total. The van der Waals surface area contributed by atoms with E-state index in [2.05, 4.69) is 16.0 Å². The third-order valence-electron chi connectivity index (χ3n) is 4.23. The van der Waals surface area contributed by atoms with Crippen LogP contribution in [0.1, 0.15) is 16.8 Å². The number of halogens is 4. The van der Waals surface area contributed by atoms with Crippen LogP contribution in [0.3, 0.4) is 0 Å². The Morgan fingerprint density at radius 1 is 1.17 bits per heavy atom. The highest BCUT2D eigenvalue weighted by Crippen LogP contribution is 2.30. The fourth-order valence-electron chi connectivity index (χ4n) is 2.84. The molecule has 0 aliphatic carbocycles. The number of anilines is 2. The summed E-state index contributed by atoms with van der Waals surface area (Å²) in [6.07, 6.45) is -0.585. The average Bonchev–Trinajstić information content (AvgIpc) is 3.02. The minimum atomic E-state index is -2.92. The largest absolute Gasteiger partial charge is 0.495 e. The number of carbonyl (C=O) groups excluding carboxylic acids is 2. The quantitative estimate of drug-likeness (QED) is 0.680. The number of benzene rings is 2. The third kappa shape index (κ3) is 5.61. The normalized spacial score (nSPS) is 17.2. The van der Waals surface area contributed by atoms with Gasteiger partial charge >= 0.3 is 0 Å². The lowest BCUT2D eigenvalue weighted by atomic mass is 10.1. The summed E-state index contributed by atoms with van der Waals surface area (Å²) in [5.74, 6) is -4.34. The highest BCUT2D eigenvalue weighted by Gasteiger charge is 2.42. The summed E-state index contributed by atoms with van der Waals surface area (Å²) in [5.41, 5.74) is 0.630. The second kappa shape index (κ2) is 9.15. The molecule has 0 radical (unpaired) electrons. The molecule has 1 heterocycles. The molecule has 10 heteroatoms. The number of alkyl halides is 2. The molecule has 1 saturated heterocycles. The zero-order valence-electron chi connectivity index (χ0n) is 15.3. The third-order valence-corrected chi connectivity index (χ3v) is 4.23. The number of carbonyl (C=O) groups is 2. The molecule has 1 unspecified atom stereocenters. The summed E-state index contributed by atoms with van der Waals surface area (Å²) >= 11 is 0. The molecule has 6 nitrogen and oxygen atoms in total. The van der Waals surface area contributed by atoms with Crippen LogP contribution in [0.4, 0.5) is 24.5 Å². The maximum atomic E-state index is 13.3. The lowest BCUT2D eigenvalue weighted by Crippen LogP contribution is -2.35. The number of rotatable bonds is 5. The Balaban J connectivity index is 0.00000300. The molecule has 2 amide bonds. The Kier molecular flexibility index (Phi) is 7.10. The Hall–Kier alpha value is -2.78. The van der Waals surface area contributed by atoms with E-state index in [1.807, 2.05) is 0 Å². The predicted octanol–water partition coefficient (Wildman–Crippen LogP) is 3.44. The zero-order chi connectivity index (χ0) is 20.3. The smallest absolute Gasteiger partial charge is 0.262 e. The van der Waals surface area contributed by atoms with Crippen LogP contribution in [0.25, 0.3) is 0 Å². The van der Waals surface area contributed by atoms with Gasteiger partial charge in [-0.15, -0.1) is 12.4 Å². The van der Waals surface area contributed by atoms with Gasteiger partial charge < -0.3 is 15.4 Å². The molecule has 0 bridgehead atoms. The standard InChI is InChI=1S/C19H18F3N3O3.ClH/c1-28-16-6-5-13(24-18(27)15-9-19(21,22)10-23-15)8-14(16)25-17(26)11-3-2-4-12(20)7-11;/h2-8,15,23H,9-10H2,1H3,(H,24,27)(H,25,26);1H. The zero-order valence-corrected chi connectivity index (χ0v) is 16.1. The Labute approximate surface area is 171 Å². The number of methoxy groups -OCH3 is 1. The van der Waals surface area contributed by atoms with E-state index in [-0.39, 0.29) is 29.3 Å². The molecule has 3 rings (SSSR count). The molecule has 2 aromatic rings. The summed E-state index contributed by atoms with van der Waals surface area (Å²) in [6, 6.07) is 8.59. The molecule has 1 aliphatic heterocycles. The summed E-state index contributed by atoms with van der Waals surface area (Å²) < 4.78 is 45.0.